The summed E-state index contributed by atoms with van der Waals surface area (Å²) in [6, 6.07) is 10.4. The average Bonchev–Trinajstić information content (AvgIpc) is 3.01. The smallest absolute Gasteiger partial charge is 0.262 e. The maximum absolute atomic E-state index is 12.9. The lowest BCUT2D eigenvalue weighted by Gasteiger charge is -2.44. The van der Waals surface area contributed by atoms with Crippen molar-refractivity contribution in [2.24, 2.45) is 0 Å². The van der Waals surface area contributed by atoms with Crippen molar-refractivity contribution in [3.63, 3.8) is 0 Å². The predicted molar refractivity (Wildman–Crippen MR) is 116 cm³/mol. The van der Waals surface area contributed by atoms with Gasteiger partial charge in [0.25, 0.3) is 11.8 Å². The number of carbonyl (C=O) groups excluding carboxylic acids is 4. The van der Waals surface area contributed by atoms with E-state index >= 15 is 0 Å². The van der Waals surface area contributed by atoms with Gasteiger partial charge >= 0.3 is 0 Å². The first-order chi connectivity index (χ1) is 15.3. The van der Waals surface area contributed by atoms with Gasteiger partial charge in [-0.2, -0.15) is 0 Å². The summed E-state index contributed by atoms with van der Waals surface area (Å²) in [5.74, 6) is -0.453. The number of benzene rings is 2. The number of amides is 3. The molecule has 2 aromatic carbocycles. The molecule has 1 spiro atoms. The van der Waals surface area contributed by atoms with Crippen LogP contribution in [0, 0.1) is 13.8 Å². The monoisotopic (exact) mass is 432 g/mol. The topological polar surface area (TPSA) is 84.0 Å². The van der Waals surface area contributed by atoms with Crippen LogP contribution in [0.1, 0.15) is 61.5 Å². The lowest BCUT2D eigenvalue weighted by molar-refractivity contribution is -0.135. The Kier molecular flexibility index (Phi) is 4.65. The van der Waals surface area contributed by atoms with Crippen molar-refractivity contribution in [3.05, 3.63) is 64.2 Å². The Morgan fingerprint density at radius 3 is 2.16 bits per heavy atom. The van der Waals surface area contributed by atoms with Gasteiger partial charge in [0.05, 0.1) is 23.1 Å². The molecule has 0 N–H and O–H groups in total. The third-order valence-electron chi connectivity index (χ3n) is 6.90. The lowest BCUT2D eigenvalue weighted by Crippen LogP contribution is -2.54. The van der Waals surface area contributed by atoms with E-state index in [0.29, 0.717) is 54.8 Å². The number of aryl methyl sites for hydroxylation is 2. The number of ketones is 1. The number of ether oxygens (including phenoxy) is 1. The second-order valence-corrected chi connectivity index (χ2v) is 8.94. The van der Waals surface area contributed by atoms with Gasteiger partial charge in [0, 0.05) is 25.9 Å². The summed E-state index contributed by atoms with van der Waals surface area (Å²) < 4.78 is 6.33. The largest absolute Gasteiger partial charge is 0.486 e. The number of rotatable bonds is 2. The number of piperidine rings is 1. The number of fused-ring (bicyclic) bond motifs is 2. The molecule has 32 heavy (non-hydrogen) atoms. The number of hydrogen-bond acceptors (Lipinski definition) is 5. The Balaban J connectivity index is 1.26. The average molecular weight is 432 g/mol. The number of Topliss-reactive ketones (excluding diaryl/α,β-unsaturated/α-hetero) is 1. The van der Waals surface area contributed by atoms with Gasteiger partial charge in [-0.15, -0.1) is 0 Å². The molecule has 1 fully saturated rings. The van der Waals surface area contributed by atoms with Crippen molar-refractivity contribution in [1.29, 1.82) is 0 Å². The molecule has 0 saturated carbocycles. The van der Waals surface area contributed by atoms with E-state index in [4.69, 9.17) is 4.74 Å². The zero-order valence-electron chi connectivity index (χ0n) is 18.1. The number of carbonyl (C=O) groups is 4. The van der Waals surface area contributed by atoms with Gasteiger partial charge in [-0.25, -0.2) is 0 Å². The van der Waals surface area contributed by atoms with Gasteiger partial charge in [0.1, 0.15) is 17.9 Å². The standard InChI is InChI=1S/C25H24N2O5/c1-15-11-19-20(28)13-25(32-21(19)12-16(15)2)7-9-26(10-8-25)22(29)14-27-23(30)17-5-3-4-6-18(17)24(27)31/h3-6,11-12H,7-10,13-14H2,1-2H3. The SMILES string of the molecule is Cc1cc2c(cc1C)C(=O)CC1(CCN(C(=O)CN3C(=O)c4ccccc4C3=O)CC1)O2. The van der Waals surface area contributed by atoms with Gasteiger partial charge in [0.15, 0.2) is 5.78 Å². The molecule has 0 atom stereocenters. The molecule has 0 unspecified atom stereocenters. The minimum Gasteiger partial charge on any atom is -0.486 e. The first-order valence-electron chi connectivity index (χ1n) is 10.8. The van der Waals surface area contributed by atoms with Crippen LogP contribution >= 0.6 is 0 Å². The molecule has 3 aliphatic heterocycles. The molecular formula is C25H24N2O5. The van der Waals surface area contributed by atoms with E-state index in [9.17, 15) is 19.2 Å². The zero-order valence-corrected chi connectivity index (χ0v) is 18.1. The highest BCUT2D eigenvalue weighted by molar-refractivity contribution is 6.22. The highest BCUT2D eigenvalue weighted by Gasteiger charge is 2.44. The second-order valence-electron chi connectivity index (χ2n) is 8.94. The fourth-order valence-corrected chi connectivity index (χ4v) is 4.81. The van der Waals surface area contributed by atoms with E-state index < -0.39 is 17.4 Å². The Labute approximate surface area is 185 Å². The molecule has 0 aromatic heterocycles. The molecule has 5 rings (SSSR count). The molecule has 1 saturated heterocycles. The Morgan fingerprint density at radius 1 is 0.938 bits per heavy atom. The summed E-state index contributed by atoms with van der Waals surface area (Å²) in [4.78, 5) is 53.5. The van der Waals surface area contributed by atoms with Gasteiger partial charge in [-0.3, -0.25) is 24.1 Å². The fraction of sp³-hybridized carbons (Fsp3) is 0.360. The zero-order chi connectivity index (χ0) is 22.6. The molecule has 2 aromatic rings. The van der Waals surface area contributed by atoms with Crippen molar-refractivity contribution >= 4 is 23.5 Å². The Hall–Kier alpha value is -3.48. The van der Waals surface area contributed by atoms with Crippen LogP contribution in [-0.2, 0) is 4.79 Å². The van der Waals surface area contributed by atoms with E-state index in [0.717, 1.165) is 16.0 Å². The van der Waals surface area contributed by atoms with Crippen molar-refractivity contribution in [2.75, 3.05) is 19.6 Å². The molecule has 3 amide bonds. The summed E-state index contributed by atoms with van der Waals surface area (Å²) in [6.45, 7) is 4.52. The van der Waals surface area contributed by atoms with Crippen molar-refractivity contribution in [3.8, 4) is 5.75 Å². The van der Waals surface area contributed by atoms with E-state index in [1.807, 2.05) is 26.0 Å². The van der Waals surface area contributed by atoms with E-state index in [2.05, 4.69) is 0 Å². The van der Waals surface area contributed by atoms with E-state index in [-0.39, 0.29) is 18.2 Å². The van der Waals surface area contributed by atoms with Crippen LogP contribution in [0.2, 0.25) is 0 Å². The molecular weight excluding hydrogens is 408 g/mol. The summed E-state index contributed by atoms with van der Waals surface area (Å²) in [5, 5.41) is 0. The molecule has 0 bridgehead atoms. The summed E-state index contributed by atoms with van der Waals surface area (Å²) in [5.41, 5.74) is 2.82. The molecule has 7 heteroatoms. The van der Waals surface area contributed by atoms with Gasteiger partial charge in [0.2, 0.25) is 5.91 Å². The highest BCUT2D eigenvalue weighted by Crippen LogP contribution is 2.40. The van der Waals surface area contributed by atoms with Crippen LogP contribution in [0.15, 0.2) is 36.4 Å². The normalized spacial score (nSPS) is 19.1. The van der Waals surface area contributed by atoms with Crippen LogP contribution in [0.25, 0.3) is 0 Å². The quantitative estimate of drug-likeness (QED) is 0.682. The maximum Gasteiger partial charge on any atom is 0.262 e. The van der Waals surface area contributed by atoms with Crippen LogP contribution in [0.5, 0.6) is 5.75 Å². The molecule has 164 valence electrons. The van der Waals surface area contributed by atoms with E-state index in [1.165, 1.54) is 0 Å². The summed E-state index contributed by atoms with van der Waals surface area (Å²) in [6.07, 6.45) is 1.35. The molecule has 7 nitrogen and oxygen atoms in total. The summed E-state index contributed by atoms with van der Waals surface area (Å²) in [7, 11) is 0. The van der Waals surface area contributed by atoms with Crippen LogP contribution in [0.4, 0.5) is 0 Å². The first kappa shape index (κ1) is 20.4. The summed E-state index contributed by atoms with van der Waals surface area (Å²) >= 11 is 0. The molecule has 0 radical (unpaired) electrons. The highest BCUT2D eigenvalue weighted by atomic mass is 16.5. The maximum atomic E-state index is 12.9. The molecule has 3 heterocycles. The lowest BCUT2D eigenvalue weighted by atomic mass is 9.82. The van der Waals surface area contributed by atoms with E-state index in [1.54, 1.807) is 29.2 Å². The van der Waals surface area contributed by atoms with Crippen LogP contribution in [-0.4, -0.2) is 58.5 Å². The second kappa shape index (κ2) is 7.29. The molecule has 0 aliphatic carbocycles. The Bertz CT molecular complexity index is 1140. The number of likely N-dealkylation sites (tertiary alicyclic amines) is 1. The van der Waals surface area contributed by atoms with Crippen LogP contribution < -0.4 is 4.74 Å². The third kappa shape index (κ3) is 3.20. The fourth-order valence-electron chi connectivity index (χ4n) is 4.81. The third-order valence-corrected chi connectivity index (χ3v) is 6.90. The van der Waals surface area contributed by atoms with Crippen molar-refractivity contribution in [2.45, 2.75) is 38.7 Å². The Morgan fingerprint density at radius 2 is 1.53 bits per heavy atom. The number of nitrogens with zero attached hydrogens (tertiary/aromatic N) is 2. The predicted octanol–water partition coefficient (Wildman–Crippen LogP) is 2.93. The number of hydrogen-bond donors (Lipinski definition) is 0. The number of imide groups is 1. The van der Waals surface area contributed by atoms with Crippen LogP contribution in [0.3, 0.4) is 0 Å². The van der Waals surface area contributed by atoms with Crippen molar-refractivity contribution < 1.29 is 23.9 Å². The van der Waals surface area contributed by atoms with Crippen molar-refractivity contribution in [1.82, 2.24) is 9.80 Å². The molecule has 3 aliphatic rings. The van der Waals surface area contributed by atoms with Gasteiger partial charge in [-0.1, -0.05) is 12.1 Å². The first-order valence-corrected chi connectivity index (χ1v) is 10.8. The minimum atomic E-state index is -0.613. The van der Waals surface area contributed by atoms with Gasteiger partial charge in [-0.05, 0) is 49.2 Å². The van der Waals surface area contributed by atoms with Gasteiger partial charge < -0.3 is 9.64 Å². The minimum absolute atomic E-state index is 0.0696.